The topological polar surface area (TPSA) is 49.0 Å². The van der Waals surface area contributed by atoms with Gasteiger partial charge in [0.2, 0.25) is 0 Å². The number of piperidine rings is 1. The second-order valence-electron chi connectivity index (χ2n) is 5.30. The van der Waals surface area contributed by atoms with Crippen LogP contribution in [0.1, 0.15) is 25.7 Å². The van der Waals surface area contributed by atoms with Crippen molar-refractivity contribution in [2.75, 3.05) is 26.2 Å². The standard InChI is InChI=1S/C11H19N3O/c15-10-13-8-11(3-5-12-6-4-11)14(10)7-9-1-2-9/h9,12H,1-8H2,(H,13,15)/p+1. The summed E-state index contributed by atoms with van der Waals surface area (Å²) >= 11 is 0. The maximum Gasteiger partial charge on any atom is 0.318 e. The summed E-state index contributed by atoms with van der Waals surface area (Å²) in [6.45, 7) is 4.24. The van der Waals surface area contributed by atoms with Crippen molar-refractivity contribution in [3.05, 3.63) is 0 Å². The first-order chi connectivity index (χ1) is 7.30. The van der Waals surface area contributed by atoms with Crippen LogP contribution in [-0.2, 0) is 0 Å². The summed E-state index contributed by atoms with van der Waals surface area (Å²) in [6.07, 6.45) is 4.98. The Morgan fingerprint density at radius 2 is 2.13 bits per heavy atom. The van der Waals surface area contributed by atoms with Crippen molar-refractivity contribution >= 4 is 6.03 Å². The second kappa shape index (κ2) is 3.37. The average Bonchev–Trinajstić information content (AvgIpc) is 3.03. The van der Waals surface area contributed by atoms with Gasteiger partial charge in [-0.15, -0.1) is 0 Å². The third-order valence-electron chi connectivity index (χ3n) is 4.15. The van der Waals surface area contributed by atoms with E-state index >= 15 is 0 Å². The summed E-state index contributed by atoms with van der Waals surface area (Å²) in [7, 11) is 0. The highest BCUT2D eigenvalue weighted by atomic mass is 16.2. The lowest BCUT2D eigenvalue weighted by molar-refractivity contribution is -0.666. The lowest BCUT2D eigenvalue weighted by Crippen LogP contribution is -2.88. The molecule has 2 saturated heterocycles. The number of rotatable bonds is 2. The normalized spacial score (nSPS) is 29.6. The van der Waals surface area contributed by atoms with E-state index in [1.165, 1.54) is 38.8 Å². The molecule has 1 saturated carbocycles. The molecule has 1 spiro atoms. The van der Waals surface area contributed by atoms with Gasteiger partial charge < -0.3 is 15.5 Å². The van der Waals surface area contributed by atoms with Gasteiger partial charge in [0.15, 0.2) is 0 Å². The Balaban J connectivity index is 1.76. The first-order valence-electron chi connectivity index (χ1n) is 6.17. The number of carbonyl (C=O) groups is 1. The quantitative estimate of drug-likeness (QED) is 0.635. The van der Waals surface area contributed by atoms with Gasteiger partial charge >= 0.3 is 6.03 Å². The number of quaternary nitrogens is 1. The third kappa shape index (κ3) is 1.61. The SMILES string of the molecule is O=C1NCC2(CC[NH2+]CC2)N1CC1CC1. The van der Waals surface area contributed by atoms with Gasteiger partial charge in [-0.25, -0.2) is 4.79 Å². The molecule has 1 aliphatic carbocycles. The van der Waals surface area contributed by atoms with Crippen LogP contribution in [0.15, 0.2) is 0 Å². The summed E-state index contributed by atoms with van der Waals surface area (Å²) in [5, 5.41) is 5.40. The molecule has 3 rings (SSSR count). The van der Waals surface area contributed by atoms with Gasteiger partial charge in [-0.2, -0.15) is 0 Å². The number of urea groups is 1. The van der Waals surface area contributed by atoms with Crippen LogP contribution in [0.5, 0.6) is 0 Å². The average molecular weight is 210 g/mol. The molecule has 0 aromatic heterocycles. The number of hydrogen-bond donors (Lipinski definition) is 2. The highest BCUT2D eigenvalue weighted by molar-refractivity contribution is 5.78. The summed E-state index contributed by atoms with van der Waals surface area (Å²) < 4.78 is 0. The van der Waals surface area contributed by atoms with Crippen molar-refractivity contribution in [3.8, 4) is 0 Å². The summed E-state index contributed by atoms with van der Waals surface area (Å²) in [5.41, 5.74) is 0.175. The fraction of sp³-hybridized carbons (Fsp3) is 0.909. The van der Waals surface area contributed by atoms with Crippen molar-refractivity contribution in [1.29, 1.82) is 0 Å². The third-order valence-corrected chi connectivity index (χ3v) is 4.15. The molecule has 4 heteroatoms. The van der Waals surface area contributed by atoms with Gasteiger partial charge in [0.1, 0.15) is 0 Å². The molecular weight excluding hydrogens is 190 g/mol. The minimum atomic E-state index is 0.175. The maximum atomic E-state index is 11.8. The molecule has 0 aromatic carbocycles. The number of hydrogen-bond acceptors (Lipinski definition) is 1. The van der Waals surface area contributed by atoms with E-state index in [0.29, 0.717) is 0 Å². The molecule has 84 valence electrons. The Morgan fingerprint density at radius 1 is 1.40 bits per heavy atom. The molecule has 0 aromatic rings. The van der Waals surface area contributed by atoms with Crippen LogP contribution < -0.4 is 10.6 Å². The zero-order chi connectivity index (χ0) is 10.3. The van der Waals surface area contributed by atoms with Crippen LogP contribution in [0.2, 0.25) is 0 Å². The molecule has 2 aliphatic heterocycles. The second-order valence-corrected chi connectivity index (χ2v) is 5.30. The van der Waals surface area contributed by atoms with E-state index in [0.717, 1.165) is 19.0 Å². The van der Waals surface area contributed by atoms with Crippen molar-refractivity contribution in [2.24, 2.45) is 5.92 Å². The van der Waals surface area contributed by atoms with Crippen molar-refractivity contribution in [1.82, 2.24) is 10.2 Å². The van der Waals surface area contributed by atoms with Gasteiger partial charge in [-0.3, -0.25) is 0 Å². The summed E-state index contributed by atoms with van der Waals surface area (Å²) in [5.74, 6) is 0.802. The molecule has 3 N–H and O–H groups in total. The molecule has 0 radical (unpaired) electrons. The number of nitrogens with zero attached hydrogens (tertiary/aromatic N) is 1. The molecule has 0 atom stereocenters. The fourth-order valence-electron chi connectivity index (χ4n) is 2.94. The number of amides is 2. The highest BCUT2D eigenvalue weighted by Gasteiger charge is 2.48. The monoisotopic (exact) mass is 210 g/mol. The molecule has 15 heavy (non-hydrogen) atoms. The van der Waals surface area contributed by atoms with E-state index in [1.807, 2.05) is 0 Å². The van der Waals surface area contributed by atoms with E-state index < -0.39 is 0 Å². The molecule has 0 unspecified atom stereocenters. The Morgan fingerprint density at radius 3 is 2.80 bits per heavy atom. The fourth-order valence-corrected chi connectivity index (χ4v) is 2.94. The lowest BCUT2D eigenvalue weighted by atomic mass is 9.87. The van der Waals surface area contributed by atoms with Crippen LogP contribution >= 0.6 is 0 Å². The van der Waals surface area contributed by atoms with Crippen LogP contribution in [-0.4, -0.2) is 42.6 Å². The van der Waals surface area contributed by atoms with Crippen LogP contribution in [0.3, 0.4) is 0 Å². The zero-order valence-corrected chi connectivity index (χ0v) is 9.17. The zero-order valence-electron chi connectivity index (χ0n) is 9.17. The maximum absolute atomic E-state index is 11.8. The van der Waals surface area contributed by atoms with Crippen molar-refractivity contribution < 1.29 is 10.1 Å². The van der Waals surface area contributed by atoms with Crippen LogP contribution in [0, 0.1) is 5.92 Å². The Bertz CT molecular complexity index is 269. The van der Waals surface area contributed by atoms with Gasteiger partial charge in [-0.05, 0) is 18.8 Å². The molecule has 2 amide bonds. The van der Waals surface area contributed by atoms with Gasteiger partial charge in [0.25, 0.3) is 0 Å². The van der Waals surface area contributed by atoms with Crippen molar-refractivity contribution in [2.45, 2.75) is 31.2 Å². The van der Waals surface area contributed by atoms with Crippen LogP contribution in [0.4, 0.5) is 4.79 Å². The minimum Gasteiger partial charge on any atom is -0.346 e. The number of carbonyl (C=O) groups excluding carboxylic acids is 1. The van der Waals surface area contributed by atoms with E-state index in [2.05, 4.69) is 15.5 Å². The van der Waals surface area contributed by atoms with E-state index in [4.69, 9.17) is 0 Å². The van der Waals surface area contributed by atoms with E-state index in [1.54, 1.807) is 0 Å². The molecule has 0 bridgehead atoms. The Hall–Kier alpha value is -0.770. The minimum absolute atomic E-state index is 0.175. The molecular formula is C11H20N3O+. The predicted molar refractivity (Wildman–Crippen MR) is 56.5 cm³/mol. The molecule has 3 fully saturated rings. The summed E-state index contributed by atoms with van der Waals surface area (Å²) in [4.78, 5) is 14.0. The van der Waals surface area contributed by atoms with Crippen LogP contribution in [0.25, 0.3) is 0 Å². The Labute approximate surface area is 90.4 Å². The summed E-state index contributed by atoms with van der Waals surface area (Å²) in [6, 6.07) is 0.184. The van der Waals surface area contributed by atoms with Gasteiger partial charge in [0.05, 0.1) is 18.6 Å². The van der Waals surface area contributed by atoms with Crippen molar-refractivity contribution in [3.63, 3.8) is 0 Å². The largest absolute Gasteiger partial charge is 0.346 e. The number of nitrogens with two attached hydrogens (primary N) is 1. The molecule has 2 heterocycles. The smallest absolute Gasteiger partial charge is 0.318 e. The Kier molecular flexibility index (Phi) is 2.12. The van der Waals surface area contributed by atoms with Gasteiger partial charge in [-0.1, -0.05) is 0 Å². The first kappa shape index (κ1) is 9.46. The predicted octanol–water partition coefficient (Wildman–Crippen LogP) is -0.482. The molecule has 3 aliphatic rings. The highest BCUT2D eigenvalue weighted by Crippen LogP contribution is 2.36. The van der Waals surface area contributed by atoms with E-state index in [9.17, 15) is 4.79 Å². The number of nitrogens with one attached hydrogen (secondary N) is 1. The first-order valence-corrected chi connectivity index (χ1v) is 6.17. The lowest BCUT2D eigenvalue weighted by Gasteiger charge is -2.38. The van der Waals surface area contributed by atoms with Gasteiger partial charge in [0, 0.05) is 25.9 Å². The van der Waals surface area contributed by atoms with E-state index in [-0.39, 0.29) is 11.6 Å². The molecule has 4 nitrogen and oxygen atoms in total.